The van der Waals surface area contributed by atoms with E-state index in [1.54, 1.807) is 16.9 Å². The van der Waals surface area contributed by atoms with Gasteiger partial charge in [-0.15, -0.1) is 0 Å². The van der Waals surface area contributed by atoms with Crippen molar-refractivity contribution in [2.24, 2.45) is 0 Å². The molecule has 8 heteroatoms. The van der Waals surface area contributed by atoms with Crippen LogP contribution in [0.1, 0.15) is 11.1 Å². The minimum Gasteiger partial charge on any atom is -0.378 e. The van der Waals surface area contributed by atoms with Gasteiger partial charge in [-0.1, -0.05) is 36.4 Å². The zero-order chi connectivity index (χ0) is 19.9. The third-order valence-corrected chi connectivity index (χ3v) is 4.69. The van der Waals surface area contributed by atoms with Crippen LogP contribution in [0, 0.1) is 0 Å². The molecule has 0 radical (unpaired) electrons. The number of carbonyl (C=O) groups excluding carboxylic acids is 1. The van der Waals surface area contributed by atoms with Gasteiger partial charge in [-0.3, -0.25) is 10.00 Å². The van der Waals surface area contributed by atoms with Crippen LogP contribution >= 0.6 is 0 Å². The normalized spacial score (nSPS) is 13.9. The highest BCUT2D eigenvalue weighted by Gasteiger charge is 2.16. The van der Waals surface area contributed by atoms with Crippen molar-refractivity contribution in [1.29, 1.82) is 0 Å². The summed E-state index contributed by atoms with van der Waals surface area (Å²) >= 11 is 0. The standard InChI is InChI=1S/C21H24N6O2/c28-21(24-19-8-10-27(25-19)16-17-5-2-1-3-6-17)23-15-18-7-4-9-22-20(18)26-11-13-29-14-12-26/h1-10H,11-16H2,(H2,23,24,25,28). The van der Waals surface area contributed by atoms with Crippen molar-refractivity contribution in [1.82, 2.24) is 20.1 Å². The lowest BCUT2D eigenvalue weighted by atomic mass is 10.2. The third-order valence-electron chi connectivity index (χ3n) is 4.69. The molecule has 1 aromatic carbocycles. The molecule has 1 saturated heterocycles. The third kappa shape index (κ3) is 5.11. The molecule has 0 bridgehead atoms. The monoisotopic (exact) mass is 392 g/mol. The van der Waals surface area contributed by atoms with Gasteiger partial charge in [0, 0.05) is 43.7 Å². The molecular formula is C21H24N6O2. The Morgan fingerprint density at radius 2 is 1.90 bits per heavy atom. The quantitative estimate of drug-likeness (QED) is 0.673. The first-order valence-corrected chi connectivity index (χ1v) is 9.67. The molecule has 2 aromatic heterocycles. The Kier molecular flexibility index (Phi) is 6.01. The van der Waals surface area contributed by atoms with Gasteiger partial charge in [-0.25, -0.2) is 9.78 Å². The lowest BCUT2D eigenvalue weighted by Gasteiger charge is -2.29. The number of urea groups is 1. The number of aromatic nitrogens is 3. The van der Waals surface area contributed by atoms with E-state index < -0.39 is 0 Å². The summed E-state index contributed by atoms with van der Waals surface area (Å²) in [5.74, 6) is 1.40. The number of amides is 2. The van der Waals surface area contributed by atoms with Crippen molar-refractivity contribution in [3.8, 4) is 0 Å². The Hall–Kier alpha value is -3.39. The molecule has 150 valence electrons. The smallest absolute Gasteiger partial charge is 0.320 e. The highest BCUT2D eigenvalue weighted by Crippen LogP contribution is 2.18. The van der Waals surface area contributed by atoms with Crippen molar-refractivity contribution >= 4 is 17.7 Å². The first kappa shape index (κ1) is 18.9. The number of hydrogen-bond donors (Lipinski definition) is 2. The summed E-state index contributed by atoms with van der Waals surface area (Å²) in [6, 6.07) is 15.4. The summed E-state index contributed by atoms with van der Waals surface area (Å²) in [5.41, 5.74) is 2.12. The topological polar surface area (TPSA) is 84.3 Å². The van der Waals surface area contributed by atoms with Crippen LogP contribution in [0.2, 0.25) is 0 Å². The van der Waals surface area contributed by atoms with Gasteiger partial charge in [0.25, 0.3) is 0 Å². The van der Waals surface area contributed by atoms with Crippen LogP contribution in [0.15, 0.2) is 60.9 Å². The molecule has 8 nitrogen and oxygen atoms in total. The van der Waals surface area contributed by atoms with Crippen LogP contribution in [0.25, 0.3) is 0 Å². The van der Waals surface area contributed by atoms with Gasteiger partial charge >= 0.3 is 6.03 Å². The van der Waals surface area contributed by atoms with Gasteiger partial charge in [0.05, 0.1) is 19.8 Å². The molecule has 0 unspecified atom stereocenters. The maximum Gasteiger partial charge on any atom is 0.320 e. The fourth-order valence-electron chi connectivity index (χ4n) is 3.25. The van der Waals surface area contributed by atoms with E-state index in [0.29, 0.717) is 32.1 Å². The Morgan fingerprint density at radius 1 is 1.07 bits per heavy atom. The van der Waals surface area contributed by atoms with E-state index >= 15 is 0 Å². The first-order chi connectivity index (χ1) is 14.3. The molecule has 0 aliphatic carbocycles. The largest absolute Gasteiger partial charge is 0.378 e. The second kappa shape index (κ2) is 9.20. The zero-order valence-electron chi connectivity index (χ0n) is 16.1. The molecular weight excluding hydrogens is 368 g/mol. The van der Waals surface area contributed by atoms with E-state index in [9.17, 15) is 4.79 Å². The summed E-state index contributed by atoms with van der Waals surface area (Å²) in [5, 5.41) is 10.1. The number of rotatable bonds is 6. The second-order valence-corrected chi connectivity index (χ2v) is 6.78. The fourth-order valence-corrected chi connectivity index (χ4v) is 3.25. The number of nitrogens with zero attached hydrogens (tertiary/aromatic N) is 4. The van der Waals surface area contributed by atoms with E-state index in [4.69, 9.17) is 4.74 Å². The Bertz CT molecular complexity index is 937. The van der Waals surface area contributed by atoms with E-state index in [-0.39, 0.29) is 6.03 Å². The van der Waals surface area contributed by atoms with E-state index in [1.807, 2.05) is 48.7 Å². The molecule has 1 aliphatic rings. The summed E-state index contributed by atoms with van der Waals surface area (Å²) in [6.45, 7) is 4.02. The number of carbonyl (C=O) groups is 1. The van der Waals surface area contributed by atoms with Gasteiger partial charge in [0.15, 0.2) is 5.82 Å². The average molecular weight is 392 g/mol. The van der Waals surface area contributed by atoms with E-state index in [1.165, 1.54) is 0 Å². The summed E-state index contributed by atoms with van der Waals surface area (Å²) in [6.07, 6.45) is 3.62. The Morgan fingerprint density at radius 3 is 2.72 bits per heavy atom. The van der Waals surface area contributed by atoms with Crippen LogP contribution in [0.4, 0.5) is 16.4 Å². The summed E-state index contributed by atoms with van der Waals surface area (Å²) in [7, 11) is 0. The fraction of sp³-hybridized carbons (Fsp3) is 0.286. The van der Waals surface area contributed by atoms with Gasteiger partial charge < -0.3 is 15.0 Å². The van der Waals surface area contributed by atoms with Gasteiger partial charge in [-0.2, -0.15) is 5.10 Å². The highest BCUT2D eigenvalue weighted by molar-refractivity contribution is 5.88. The molecule has 0 spiro atoms. The molecule has 2 N–H and O–H groups in total. The SMILES string of the molecule is O=C(NCc1cccnc1N1CCOCC1)Nc1ccn(Cc2ccccc2)n1. The summed E-state index contributed by atoms with van der Waals surface area (Å²) in [4.78, 5) is 19.0. The predicted molar refractivity (Wildman–Crippen MR) is 111 cm³/mol. The molecule has 29 heavy (non-hydrogen) atoms. The zero-order valence-corrected chi connectivity index (χ0v) is 16.1. The molecule has 0 atom stereocenters. The molecule has 1 aliphatic heterocycles. The maximum absolute atomic E-state index is 12.3. The lowest BCUT2D eigenvalue weighted by Crippen LogP contribution is -2.38. The molecule has 3 aromatic rings. The number of ether oxygens (including phenoxy) is 1. The number of pyridine rings is 1. The van der Waals surface area contributed by atoms with Gasteiger partial charge in [0.2, 0.25) is 0 Å². The van der Waals surface area contributed by atoms with Crippen molar-refractivity contribution in [3.05, 3.63) is 72.1 Å². The Labute approximate surface area is 169 Å². The maximum atomic E-state index is 12.3. The molecule has 4 rings (SSSR count). The molecule has 2 amide bonds. The van der Waals surface area contributed by atoms with Crippen molar-refractivity contribution in [2.45, 2.75) is 13.1 Å². The highest BCUT2D eigenvalue weighted by atomic mass is 16.5. The number of benzene rings is 1. The minimum absolute atomic E-state index is 0.299. The number of anilines is 2. The van der Waals surface area contributed by atoms with Crippen LogP contribution in [-0.4, -0.2) is 47.1 Å². The van der Waals surface area contributed by atoms with Gasteiger partial charge in [0.1, 0.15) is 5.82 Å². The average Bonchev–Trinajstić information content (AvgIpc) is 3.20. The number of morpholine rings is 1. The molecule has 3 heterocycles. The molecule has 1 fully saturated rings. The van der Waals surface area contributed by atoms with Gasteiger partial charge in [-0.05, 0) is 11.6 Å². The van der Waals surface area contributed by atoms with Crippen LogP contribution in [0.3, 0.4) is 0 Å². The van der Waals surface area contributed by atoms with E-state index in [0.717, 1.165) is 30.0 Å². The van der Waals surface area contributed by atoms with Crippen LogP contribution < -0.4 is 15.5 Å². The summed E-state index contributed by atoms with van der Waals surface area (Å²) < 4.78 is 7.20. The second-order valence-electron chi connectivity index (χ2n) is 6.78. The lowest BCUT2D eigenvalue weighted by molar-refractivity contribution is 0.122. The van der Waals surface area contributed by atoms with E-state index in [2.05, 4.69) is 25.6 Å². The number of nitrogens with one attached hydrogen (secondary N) is 2. The Balaban J connectivity index is 1.32. The predicted octanol–water partition coefficient (Wildman–Crippen LogP) is 2.48. The van der Waals surface area contributed by atoms with Crippen molar-refractivity contribution in [3.63, 3.8) is 0 Å². The van der Waals surface area contributed by atoms with Crippen molar-refractivity contribution < 1.29 is 9.53 Å². The van der Waals surface area contributed by atoms with Crippen LogP contribution in [0.5, 0.6) is 0 Å². The van der Waals surface area contributed by atoms with Crippen LogP contribution in [-0.2, 0) is 17.8 Å². The number of hydrogen-bond acceptors (Lipinski definition) is 5. The first-order valence-electron chi connectivity index (χ1n) is 9.67. The molecule has 0 saturated carbocycles. The minimum atomic E-state index is -0.299. The van der Waals surface area contributed by atoms with Crippen molar-refractivity contribution in [2.75, 3.05) is 36.5 Å².